The molecule has 3 rings (SSSR count). The summed E-state index contributed by atoms with van der Waals surface area (Å²) in [7, 11) is 0. The molecule has 2 aromatic rings. The smallest absolute Gasteiger partial charge is 0.317 e. The minimum atomic E-state index is -0.0232. The highest BCUT2D eigenvalue weighted by Crippen LogP contribution is 2.19. The monoisotopic (exact) mass is 316 g/mol. The summed E-state index contributed by atoms with van der Waals surface area (Å²) in [5.74, 6) is 0. The maximum absolute atomic E-state index is 12.3. The minimum absolute atomic E-state index is 0.0232. The first kappa shape index (κ1) is 15.8. The van der Waals surface area contributed by atoms with E-state index in [1.54, 1.807) is 0 Å². The molecule has 0 unspecified atom stereocenters. The molecule has 1 aromatic carbocycles. The number of rotatable bonds is 4. The van der Waals surface area contributed by atoms with Gasteiger partial charge in [-0.15, -0.1) is 0 Å². The number of carbonyl (C=O) groups excluding carboxylic acids is 1. The minimum Gasteiger partial charge on any atom is -0.356 e. The van der Waals surface area contributed by atoms with Crippen LogP contribution < -0.4 is 5.32 Å². The zero-order chi connectivity index (χ0) is 16.2. The lowest BCUT2D eigenvalue weighted by atomic mass is 10.1. The Hall–Kier alpha value is -2.08. The molecule has 1 fully saturated rings. The Morgan fingerprint density at radius 2 is 2.09 bits per heavy atom. The molecule has 2 heterocycles. The Balaban J connectivity index is 1.55. The number of aromatic nitrogens is 1. The highest BCUT2D eigenvalue weighted by Gasteiger charge is 2.20. The van der Waals surface area contributed by atoms with E-state index in [1.165, 1.54) is 0 Å². The van der Waals surface area contributed by atoms with Crippen molar-refractivity contribution in [3.05, 3.63) is 29.5 Å². The van der Waals surface area contributed by atoms with E-state index in [0.29, 0.717) is 6.54 Å². The Kier molecular flexibility index (Phi) is 4.81. The van der Waals surface area contributed by atoms with Gasteiger partial charge in [0.2, 0.25) is 0 Å². The Morgan fingerprint density at radius 1 is 1.30 bits per heavy atom. The molecular weight excluding hydrogens is 292 g/mol. The van der Waals surface area contributed by atoms with E-state index in [1.807, 2.05) is 30.0 Å². The van der Waals surface area contributed by atoms with E-state index in [9.17, 15) is 4.79 Å². The summed E-state index contributed by atoms with van der Waals surface area (Å²) in [6.45, 7) is 9.19. The summed E-state index contributed by atoms with van der Waals surface area (Å²) in [4.78, 5) is 16.6. The van der Waals surface area contributed by atoms with Crippen LogP contribution in [0.1, 0.15) is 24.6 Å². The van der Waals surface area contributed by atoms with Crippen LogP contribution in [0.25, 0.3) is 11.0 Å². The number of amides is 2. The fourth-order valence-electron chi connectivity index (χ4n) is 2.99. The molecule has 6 nitrogen and oxygen atoms in total. The second-order valence-electron chi connectivity index (χ2n) is 6.12. The topological polar surface area (TPSA) is 61.6 Å². The molecule has 0 atom stereocenters. The summed E-state index contributed by atoms with van der Waals surface area (Å²) < 4.78 is 5.30. The molecule has 0 aliphatic carbocycles. The number of carbonyl (C=O) groups is 1. The van der Waals surface area contributed by atoms with Crippen LogP contribution >= 0.6 is 0 Å². The molecule has 124 valence electrons. The number of piperazine rings is 1. The van der Waals surface area contributed by atoms with Gasteiger partial charge in [0.25, 0.3) is 0 Å². The normalized spacial score (nSPS) is 16.0. The van der Waals surface area contributed by atoms with Gasteiger partial charge < -0.3 is 14.7 Å². The standard InChI is InChI=1S/C17H24N4O2/c1-3-6-20-7-9-21(10-8-20)17(22)18-12-15-14-11-13(2)4-5-16(14)23-19-15/h4-5,11H,3,6-10,12H2,1-2H3,(H,18,22). The third-order valence-electron chi connectivity index (χ3n) is 4.31. The van der Waals surface area contributed by atoms with Crippen molar-refractivity contribution in [2.75, 3.05) is 32.7 Å². The summed E-state index contributed by atoms with van der Waals surface area (Å²) >= 11 is 0. The van der Waals surface area contributed by atoms with Crippen molar-refractivity contribution in [2.24, 2.45) is 0 Å². The molecular formula is C17H24N4O2. The maximum Gasteiger partial charge on any atom is 0.317 e. The first-order valence-electron chi connectivity index (χ1n) is 8.27. The summed E-state index contributed by atoms with van der Waals surface area (Å²) in [6.07, 6.45) is 1.16. The van der Waals surface area contributed by atoms with Gasteiger partial charge in [0.15, 0.2) is 5.58 Å². The van der Waals surface area contributed by atoms with Crippen molar-refractivity contribution in [1.29, 1.82) is 0 Å². The SMILES string of the molecule is CCCN1CCN(C(=O)NCc2noc3ccc(C)cc23)CC1. The van der Waals surface area contributed by atoms with Crippen LogP contribution in [-0.2, 0) is 6.54 Å². The average Bonchev–Trinajstić information content (AvgIpc) is 2.96. The van der Waals surface area contributed by atoms with Crippen LogP contribution in [-0.4, -0.2) is 53.7 Å². The largest absolute Gasteiger partial charge is 0.356 e. The van der Waals surface area contributed by atoms with Gasteiger partial charge in [-0.2, -0.15) is 0 Å². The molecule has 1 N–H and O–H groups in total. The number of urea groups is 1. The lowest BCUT2D eigenvalue weighted by Gasteiger charge is -2.34. The van der Waals surface area contributed by atoms with E-state index < -0.39 is 0 Å². The number of benzene rings is 1. The lowest BCUT2D eigenvalue weighted by molar-refractivity contribution is 0.139. The van der Waals surface area contributed by atoms with E-state index in [4.69, 9.17) is 4.52 Å². The second kappa shape index (κ2) is 7.00. The van der Waals surface area contributed by atoms with E-state index in [2.05, 4.69) is 22.3 Å². The molecule has 1 saturated heterocycles. The van der Waals surface area contributed by atoms with Crippen LogP contribution in [0, 0.1) is 6.92 Å². The third-order valence-corrected chi connectivity index (χ3v) is 4.31. The molecule has 1 aliphatic rings. The van der Waals surface area contributed by atoms with Crippen LogP contribution in [0.15, 0.2) is 22.7 Å². The van der Waals surface area contributed by atoms with Crippen molar-refractivity contribution in [3.63, 3.8) is 0 Å². The van der Waals surface area contributed by atoms with Crippen LogP contribution in [0.2, 0.25) is 0 Å². The van der Waals surface area contributed by atoms with Crippen LogP contribution in [0.3, 0.4) is 0 Å². The second-order valence-corrected chi connectivity index (χ2v) is 6.12. The Labute approximate surface area is 136 Å². The van der Waals surface area contributed by atoms with Gasteiger partial charge in [0.1, 0.15) is 5.69 Å². The molecule has 23 heavy (non-hydrogen) atoms. The lowest BCUT2D eigenvalue weighted by Crippen LogP contribution is -2.51. The van der Waals surface area contributed by atoms with Crippen molar-refractivity contribution in [1.82, 2.24) is 20.3 Å². The molecule has 1 aromatic heterocycles. The highest BCUT2D eigenvalue weighted by atomic mass is 16.5. The summed E-state index contributed by atoms with van der Waals surface area (Å²) in [6, 6.07) is 5.92. The average molecular weight is 316 g/mol. The van der Waals surface area contributed by atoms with Gasteiger partial charge in [-0.25, -0.2) is 4.79 Å². The van der Waals surface area contributed by atoms with Gasteiger partial charge in [0, 0.05) is 31.6 Å². The molecule has 6 heteroatoms. The van der Waals surface area contributed by atoms with E-state index >= 15 is 0 Å². The first-order valence-corrected chi connectivity index (χ1v) is 8.27. The summed E-state index contributed by atoms with van der Waals surface area (Å²) in [5, 5.41) is 8.00. The van der Waals surface area contributed by atoms with Gasteiger partial charge in [0.05, 0.1) is 6.54 Å². The Morgan fingerprint density at radius 3 is 2.83 bits per heavy atom. The zero-order valence-corrected chi connectivity index (χ0v) is 13.8. The maximum atomic E-state index is 12.3. The number of aryl methyl sites for hydroxylation is 1. The number of fused-ring (bicyclic) bond motifs is 1. The molecule has 1 aliphatic heterocycles. The molecule has 0 bridgehead atoms. The summed E-state index contributed by atoms with van der Waals surface area (Å²) in [5.41, 5.74) is 2.69. The molecule has 2 amide bonds. The van der Waals surface area contributed by atoms with Gasteiger partial charge >= 0.3 is 6.03 Å². The van der Waals surface area contributed by atoms with Crippen molar-refractivity contribution in [3.8, 4) is 0 Å². The molecule has 0 saturated carbocycles. The number of nitrogens with zero attached hydrogens (tertiary/aromatic N) is 3. The van der Waals surface area contributed by atoms with Crippen molar-refractivity contribution in [2.45, 2.75) is 26.8 Å². The number of hydrogen-bond donors (Lipinski definition) is 1. The predicted molar refractivity (Wildman–Crippen MR) is 89.3 cm³/mol. The fraction of sp³-hybridized carbons (Fsp3) is 0.529. The Bertz CT molecular complexity index is 674. The fourth-order valence-corrected chi connectivity index (χ4v) is 2.99. The van der Waals surface area contributed by atoms with Crippen LogP contribution in [0.5, 0.6) is 0 Å². The van der Waals surface area contributed by atoms with Gasteiger partial charge in [-0.3, -0.25) is 4.90 Å². The highest BCUT2D eigenvalue weighted by molar-refractivity contribution is 5.81. The number of nitrogens with one attached hydrogen (secondary N) is 1. The van der Waals surface area contributed by atoms with Gasteiger partial charge in [-0.1, -0.05) is 23.7 Å². The van der Waals surface area contributed by atoms with E-state index in [0.717, 1.165) is 61.4 Å². The zero-order valence-electron chi connectivity index (χ0n) is 13.8. The quantitative estimate of drug-likeness (QED) is 0.941. The van der Waals surface area contributed by atoms with Crippen molar-refractivity contribution >= 4 is 17.0 Å². The third kappa shape index (κ3) is 3.64. The van der Waals surface area contributed by atoms with Crippen LogP contribution in [0.4, 0.5) is 4.79 Å². The van der Waals surface area contributed by atoms with Crippen molar-refractivity contribution < 1.29 is 9.32 Å². The first-order chi connectivity index (χ1) is 11.2. The molecule has 0 spiro atoms. The number of hydrogen-bond acceptors (Lipinski definition) is 4. The van der Waals surface area contributed by atoms with E-state index in [-0.39, 0.29) is 6.03 Å². The van der Waals surface area contributed by atoms with Gasteiger partial charge in [-0.05, 0) is 32.0 Å². The molecule has 0 radical (unpaired) electrons. The predicted octanol–water partition coefficient (Wildman–Crippen LogP) is 2.37.